The topological polar surface area (TPSA) is 130 Å². The molecule has 3 fully saturated rings. The fourth-order valence-corrected chi connectivity index (χ4v) is 8.04. The van der Waals surface area contributed by atoms with E-state index in [1.807, 2.05) is 59.5 Å². The van der Waals surface area contributed by atoms with Crippen molar-refractivity contribution < 1.29 is 45.5 Å². The number of sulfonamides is 1. The van der Waals surface area contributed by atoms with Gasteiger partial charge in [-0.15, -0.1) is 6.58 Å². The second-order valence-corrected chi connectivity index (χ2v) is 17.7. The van der Waals surface area contributed by atoms with E-state index in [1.165, 1.54) is 11.0 Å². The zero-order chi connectivity index (χ0) is 38.4. The molecule has 2 aromatic rings. The van der Waals surface area contributed by atoms with Crippen molar-refractivity contribution >= 4 is 39.3 Å². The molecule has 2 amide bonds. The molecule has 0 aromatic heterocycles. The van der Waals surface area contributed by atoms with E-state index in [9.17, 15) is 40.8 Å². The third-order valence-electron chi connectivity index (χ3n) is 10.4. The van der Waals surface area contributed by atoms with Crippen molar-refractivity contribution in [2.75, 3.05) is 18.1 Å². The molecule has 14 heteroatoms. The van der Waals surface area contributed by atoms with Crippen LogP contribution in [0.25, 0.3) is 11.1 Å². The van der Waals surface area contributed by atoms with E-state index >= 15 is 0 Å². The van der Waals surface area contributed by atoms with E-state index in [0.29, 0.717) is 18.5 Å². The number of anilines is 1. The molecule has 1 heterocycles. The highest BCUT2D eigenvalue weighted by Gasteiger charge is 2.61. The lowest BCUT2D eigenvalue weighted by Gasteiger charge is -2.35. The number of amides is 2. The fraction of sp³-hybridized carbons (Fsp3) is 0.526. The first kappa shape index (κ1) is 39.0. The summed E-state index contributed by atoms with van der Waals surface area (Å²) in [4.78, 5) is 58.3. The number of hydrogen-bond donors (Lipinski definition) is 1. The van der Waals surface area contributed by atoms with Crippen molar-refractivity contribution in [3.8, 4) is 11.1 Å². The molecule has 5 rings (SSSR count). The van der Waals surface area contributed by atoms with Gasteiger partial charge in [0.2, 0.25) is 27.4 Å². The van der Waals surface area contributed by atoms with Gasteiger partial charge in [-0.1, -0.05) is 69.3 Å². The summed E-state index contributed by atoms with van der Waals surface area (Å²) in [7, 11) is -3.90. The Labute approximate surface area is 302 Å². The van der Waals surface area contributed by atoms with Crippen molar-refractivity contribution in [3.63, 3.8) is 0 Å². The van der Waals surface area contributed by atoms with Gasteiger partial charge in [0.25, 0.3) is 0 Å². The molecular formula is C38H46F3N3O7S. The minimum Gasteiger partial charge on any atom is -0.450 e. The number of esters is 1. The van der Waals surface area contributed by atoms with Crippen molar-refractivity contribution in [1.29, 1.82) is 0 Å². The summed E-state index contributed by atoms with van der Waals surface area (Å²) >= 11 is 0. The van der Waals surface area contributed by atoms with E-state index in [-0.39, 0.29) is 26.1 Å². The number of benzene rings is 2. The minimum atomic E-state index is -4.85. The van der Waals surface area contributed by atoms with Crippen LogP contribution in [0.3, 0.4) is 0 Å². The first-order valence-electron chi connectivity index (χ1n) is 17.3. The maximum atomic E-state index is 14.5. The first-order valence-corrected chi connectivity index (χ1v) is 18.8. The average Bonchev–Trinajstić information content (AvgIpc) is 3.99. The van der Waals surface area contributed by atoms with Crippen LogP contribution in [0.2, 0.25) is 0 Å². The van der Waals surface area contributed by atoms with Crippen molar-refractivity contribution in [3.05, 3.63) is 67.3 Å². The van der Waals surface area contributed by atoms with Crippen LogP contribution >= 0.6 is 0 Å². The molecule has 282 valence electrons. The lowest BCUT2D eigenvalue weighted by Crippen LogP contribution is -2.50. The van der Waals surface area contributed by atoms with Gasteiger partial charge in [-0.3, -0.25) is 23.9 Å². The molecule has 1 saturated heterocycles. The number of nitrogens with one attached hydrogen (secondary N) is 1. The van der Waals surface area contributed by atoms with Gasteiger partial charge < -0.3 is 14.5 Å². The van der Waals surface area contributed by atoms with Crippen LogP contribution in [0.5, 0.6) is 0 Å². The third-order valence-corrected chi connectivity index (χ3v) is 12.2. The number of halogens is 3. The number of rotatable bonds is 13. The predicted molar refractivity (Wildman–Crippen MR) is 189 cm³/mol. The maximum absolute atomic E-state index is 14.5. The quantitative estimate of drug-likeness (QED) is 0.195. The fourth-order valence-electron chi connectivity index (χ4n) is 6.65. The molecule has 2 aliphatic carbocycles. The number of carbonyl (C=O) groups is 4. The summed E-state index contributed by atoms with van der Waals surface area (Å²) in [6, 6.07) is 16.1. The van der Waals surface area contributed by atoms with Crippen molar-refractivity contribution in [2.24, 2.45) is 22.7 Å². The number of alkyl halides is 3. The molecule has 0 bridgehead atoms. The Morgan fingerprint density at radius 2 is 1.58 bits per heavy atom. The van der Waals surface area contributed by atoms with Gasteiger partial charge in [0.05, 0.1) is 29.7 Å². The summed E-state index contributed by atoms with van der Waals surface area (Å²) in [5.41, 5.74) is -2.49. The Morgan fingerprint density at radius 1 is 0.981 bits per heavy atom. The highest BCUT2D eigenvalue weighted by molar-refractivity contribution is 7.90. The second-order valence-electron chi connectivity index (χ2n) is 15.7. The summed E-state index contributed by atoms with van der Waals surface area (Å²) in [5, 5.41) is -0.655. The van der Waals surface area contributed by atoms with E-state index in [0.717, 1.165) is 25.0 Å². The number of allylic oxidation sites excluding steroid dienone is 1. The molecular weight excluding hydrogens is 699 g/mol. The number of hydrogen-bond acceptors (Lipinski definition) is 8. The monoisotopic (exact) mass is 745 g/mol. The van der Waals surface area contributed by atoms with Gasteiger partial charge in [-0.25, -0.2) is 8.42 Å². The van der Waals surface area contributed by atoms with Gasteiger partial charge in [0.1, 0.15) is 6.04 Å². The highest BCUT2D eigenvalue weighted by Crippen LogP contribution is 2.57. The van der Waals surface area contributed by atoms with Crippen LogP contribution in [0.1, 0.15) is 66.7 Å². The van der Waals surface area contributed by atoms with Crippen LogP contribution < -0.4 is 9.62 Å². The Kier molecular flexibility index (Phi) is 10.5. The van der Waals surface area contributed by atoms with Crippen LogP contribution in [0.15, 0.2) is 67.3 Å². The molecule has 4 atom stereocenters. The lowest BCUT2D eigenvalue weighted by atomic mass is 9.77. The molecule has 1 N–H and O–H groups in total. The Hall–Kier alpha value is -4.20. The zero-order valence-corrected chi connectivity index (χ0v) is 30.9. The molecule has 0 radical (unpaired) electrons. The largest absolute Gasteiger partial charge is 0.450 e. The molecule has 1 aliphatic heterocycles. The highest BCUT2D eigenvalue weighted by atomic mass is 32.2. The normalized spacial score (nSPS) is 22.8. The Morgan fingerprint density at radius 3 is 2.10 bits per heavy atom. The summed E-state index contributed by atoms with van der Waals surface area (Å²) < 4.78 is 73.0. The summed E-state index contributed by atoms with van der Waals surface area (Å²) in [6.45, 7) is 10.2. The van der Waals surface area contributed by atoms with Gasteiger partial charge in [-0.05, 0) is 67.7 Å². The van der Waals surface area contributed by atoms with Gasteiger partial charge in [0, 0.05) is 18.7 Å². The van der Waals surface area contributed by atoms with E-state index in [4.69, 9.17) is 4.74 Å². The number of ether oxygens (including phenoxy) is 1. The molecule has 2 aromatic carbocycles. The molecule has 52 heavy (non-hydrogen) atoms. The lowest BCUT2D eigenvalue weighted by molar-refractivity contribution is -0.257. The van der Waals surface area contributed by atoms with Crippen molar-refractivity contribution in [2.45, 2.75) is 89.8 Å². The van der Waals surface area contributed by atoms with Crippen LogP contribution in [0, 0.1) is 22.7 Å². The van der Waals surface area contributed by atoms with Crippen LogP contribution in [-0.2, 0) is 33.9 Å². The minimum absolute atomic E-state index is 0.0223. The Balaban J connectivity index is 1.44. The standard InChI is InChI=1S/C38H46F3N3O7S/c1-7-26-20-37(26,34(48)42-52(49,50)28-17-18-28)21-31(45)30-22-43(27-15-13-25(14-16-27)24-11-9-8-10-12-24)23-44(30)33(47)29(35(2,3)4)19-32(46)51-36(5,6)38(39,40)41/h7-16,26,28-30H,1,17-23H2,2-6H3,(H,42,48)/t26-,29-,30+,37-/m1/s1. The average molecular weight is 746 g/mol. The SMILES string of the molecule is C=C[C@@H]1C[C@]1(CC(=O)[C@@H]1CN(c2ccc(-c3ccccc3)cc2)CN1C(=O)[C@@H](CC(=O)OC(C)(C)C(F)(F)F)C(C)(C)C)C(=O)NS(=O)(=O)C1CC1. The molecule has 0 spiro atoms. The van der Waals surface area contributed by atoms with Gasteiger partial charge >= 0.3 is 12.1 Å². The first-order chi connectivity index (χ1) is 24.1. The van der Waals surface area contributed by atoms with Crippen molar-refractivity contribution in [1.82, 2.24) is 9.62 Å². The van der Waals surface area contributed by atoms with Gasteiger partial charge in [0.15, 0.2) is 5.78 Å². The molecule has 10 nitrogen and oxygen atoms in total. The smallest absolute Gasteiger partial charge is 0.427 e. The van der Waals surface area contributed by atoms with E-state index in [2.05, 4.69) is 11.3 Å². The number of nitrogens with zero attached hydrogens (tertiary/aromatic N) is 2. The molecule has 3 aliphatic rings. The molecule has 2 saturated carbocycles. The van der Waals surface area contributed by atoms with E-state index < -0.39 is 85.7 Å². The van der Waals surface area contributed by atoms with E-state index in [1.54, 1.807) is 20.8 Å². The van der Waals surface area contributed by atoms with Gasteiger partial charge in [-0.2, -0.15) is 13.2 Å². The summed E-state index contributed by atoms with van der Waals surface area (Å²) in [6.07, 6.45) is -3.29. The second kappa shape index (κ2) is 14.0. The zero-order valence-electron chi connectivity index (χ0n) is 30.0. The van der Waals surface area contributed by atoms with Crippen LogP contribution in [-0.4, -0.2) is 73.2 Å². The maximum Gasteiger partial charge on any atom is 0.427 e. The number of Topliss-reactive ketones (excluding diaryl/α,β-unsaturated/α-hetero) is 1. The third kappa shape index (κ3) is 8.21. The molecule has 0 unspecified atom stereocenters. The number of carbonyl (C=O) groups excluding carboxylic acids is 4. The summed E-state index contributed by atoms with van der Waals surface area (Å²) in [5.74, 6) is -4.78. The van der Waals surface area contributed by atoms with Crippen LogP contribution in [0.4, 0.5) is 18.9 Å². The predicted octanol–water partition coefficient (Wildman–Crippen LogP) is 6.02. The Bertz CT molecular complexity index is 1820. The number of ketones is 1.